The van der Waals surface area contributed by atoms with E-state index in [0.29, 0.717) is 17.4 Å². The number of anilines is 1. The highest BCUT2D eigenvalue weighted by molar-refractivity contribution is 5.98. The van der Waals surface area contributed by atoms with Crippen LogP contribution >= 0.6 is 0 Å². The summed E-state index contributed by atoms with van der Waals surface area (Å²) in [6.45, 7) is -0.562. The Morgan fingerprint density at radius 1 is 1.00 bits per heavy atom. The number of hydrogen-bond donors (Lipinski definition) is 2. The zero-order valence-corrected chi connectivity index (χ0v) is 16.2. The van der Waals surface area contributed by atoms with E-state index >= 15 is 0 Å². The molecular formula is C22H15F4N3O3. The smallest absolute Gasteiger partial charge is 0.244 e. The molecule has 164 valence electrons. The summed E-state index contributed by atoms with van der Waals surface area (Å²) in [5.41, 5.74) is -0.216. The number of nitrogens with one attached hydrogen (secondary N) is 2. The van der Waals surface area contributed by atoms with Crippen molar-refractivity contribution >= 4 is 23.6 Å². The number of carbonyl (C=O) groups excluding carboxylic acids is 2. The van der Waals surface area contributed by atoms with E-state index in [0.717, 1.165) is 18.2 Å². The molecule has 10 heteroatoms. The van der Waals surface area contributed by atoms with Gasteiger partial charge in [-0.25, -0.2) is 17.6 Å². The highest BCUT2D eigenvalue weighted by atomic mass is 19.2. The Labute approximate surface area is 179 Å². The van der Waals surface area contributed by atoms with Crippen LogP contribution in [-0.4, -0.2) is 23.3 Å². The number of pyridine rings is 1. The number of aromatic nitrogens is 1. The Morgan fingerprint density at radius 3 is 2.53 bits per heavy atom. The molecule has 0 fully saturated rings. The van der Waals surface area contributed by atoms with Gasteiger partial charge in [-0.15, -0.1) is 0 Å². The fourth-order valence-corrected chi connectivity index (χ4v) is 2.45. The predicted octanol–water partition coefficient (Wildman–Crippen LogP) is 4.20. The zero-order chi connectivity index (χ0) is 23.1. The van der Waals surface area contributed by atoms with Crippen LogP contribution in [0.15, 0.2) is 60.9 Å². The monoisotopic (exact) mass is 445 g/mol. The molecule has 6 nitrogen and oxygen atoms in total. The van der Waals surface area contributed by atoms with E-state index in [1.165, 1.54) is 24.4 Å². The van der Waals surface area contributed by atoms with Crippen LogP contribution in [0.1, 0.15) is 5.56 Å². The van der Waals surface area contributed by atoms with Gasteiger partial charge in [-0.2, -0.15) is 0 Å². The summed E-state index contributed by atoms with van der Waals surface area (Å²) < 4.78 is 59.2. The molecule has 2 aromatic carbocycles. The van der Waals surface area contributed by atoms with Crippen molar-refractivity contribution in [3.63, 3.8) is 0 Å². The van der Waals surface area contributed by atoms with Crippen molar-refractivity contribution in [1.29, 1.82) is 0 Å². The molecule has 0 saturated heterocycles. The summed E-state index contributed by atoms with van der Waals surface area (Å²) in [5.74, 6) is -6.56. The molecule has 1 heterocycles. The van der Waals surface area contributed by atoms with Crippen LogP contribution in [-0.2, 0) is 9.59 Å². The number of hydrogen-bond acceptors (Lipinski definition) is 4. The Balaban J connectivity index is 1.52. The lowest BCUT2D eigenvalue weighted by atomic mass is 10.2. The fraction of sp³-hybridized carbons (Fsp3) is 0.0455. The van der Waals surface area contributed by atoms with E-state index < -0.39 is 47.3 Å². The van der Waals surface area contributed by atoms with E-state index in [1.54, 1.807) is 18.3 Å². The van der Waals surface area contributed by atoms with E-state index in [-0.39, 0.29) is 5.75 Å². The molecule has 0 bridgehead atoms. The molecule has 0 radical (unpaired) electrons. The van der Waals surface area contributed by atoms with Gasteiger partial charge in [-0.3, -0.25) is 14.6 Å². The molecule has 0 aliphatic heterocycles. The van der Waals surface area contributed by atoms with Gasteiger partial charge in [0, 0.05) is 12.3 Å². The second-order valence-corrected chi connectivity index (χ2v) is 6.30. The third kappa shape index (κ3) is 5.91. The van der Waals surface area contributed by atoms with E-state index in [4.69, 9.17) is 4.74 Å². The molecule has 3 rings (SSSR count). The Morgan fingerprint density at radius 2 is 1.81 bits per heavy atom. The molecule has 2 N–H and O–H groups in total. The van der Waals surface area contributed by atoms with E-state index in [9.17, 15) is 27.2 Å². The highest BCUT2D eigenvalue weighted by Gasteiger charge is 2.15. The van der Waals surface area contributed by atoms with Crippen LogP contribution in [0.3, 0.4) is 0 Å². The van der Waals surface area contributed by atoms with Crippen molar-refractivity contribution in [1.82, 2.24) is 10.3 Å². The van der Waals surface area contributed by atoms with Gasteiger partial charge in [0.1, 0.15) is 5.75 Å². The first-order valence-corrected chi connectivity index (χ1v) is 9.10. The number of halogens is 4. The summed E-state index contributed by atoms with van der Waals surface area (Å²) in [5, 5.41) is 4.24. The van der Waals surface area contributed by atoms with Crippen molar-refractivity contribution < 1.29 is 31.9 Å². The highest BCUT2D eigenvalue weighted by Crippen LogP contribution is 2.25. The number of benzene rings is 2. The van der Waals surface area contributed by atoms with Crippen LogP contribution in [0.5, 0.6) is 11.5 Å². The maximum absolute atomic E-state index is 14.2. The Bertz CT molecular complexity index is 1170. The van der Waals surface area contributed by atoms with Gasteiger partial charge in [-0.05, 0) is 48.0 Å². The number of rotatable bonds is 7. The first-order chi connectivity index (χ1) is 15.3. The zero-order valence-electron chi connectivity index (χ0n) is 16.2. The molecule has 1 aromatic heterocycles. The maximum Gasteiger partial charge on any atom is 0.244 e. The summed E-state index contributed by atoms with van der Waals surface area (Å²) in [6, 6.07) is 8.79. The quantitative estimate of drug-likeness (QED) is 0.325. The standard InChI is InChI=1S/C22H15F4N3O3/c23-15-5-6-17(22(26)21(15)25)29-20(31)12-28-19(30)8-4-13-3-7-18(16(24)10-13)32-14-2-1-9-27-11-14/h1-11H,12H2,(H,28,30)(H,29,31)/b8-4+. The molecule has 0 aliphatic carbocycles. The molecule has 2 amide bonds. The van der Waals surface area contributed by atoms with Gasteiger partial charge in [-0.1, -0.05) is 6.07 Å². The minimum Gasteiger partial charge on any atom is -0.453 e. The van der Waals surface area contributed by atoms with Crippen molar-refractivity contribution in [3.05, 3.63) is 89.8 Å². The molecule has 3 aromatic rings. The first kappa shape index (κ1) is 22.5. The average molecular weight is 445 g/mol. The SMILES string of the molecule is O=C(/C=C/c1ccc(Oc2cccnc2)c(F)c1)NCC(=O)Nc1ccc(F)c(F)c1F. The van der Waals surface area contributed by atoms with Crippen molar-refractivity contribution in [2.45, 2.75) is 0 Å². The van der Waals surface area contributed by atoms with Crippen molar-refractivity contribution in [2.75, 3.05) is 11.9 Å². The minimum atomic E-state index is -1.72. The lowest BCUT2D eigenvalue weighted by molar-refractivity contribution is -0.121. The van der Waals surface area contributed by atoms with Crippen LogP contribution in [0.4, 0.5) is 23.2 Å². The van der Waals surface area contributed by atoms with Gasteiger partial charge >= 0.3 is 0 Å². The van der Waals surface area contributed by atoms with Crippen LogP contribution in [0.25, 0.3) is 6.08 Å². The summed E-state index contributed by atoms with van der Waals surface area (Å²) in [4.78, 5) is 27.5. The van der Waals surface area contributed by atoms with E-state index in [1.807, 2.05) is 5.32 Å². The van der Waals surface area contributed by atoms with Gasteiger partial charge in [0.15, 0.2) is 29.0 Å². The molecule has 0 unspecified atom stereocenters. The van der Waals surface area contributed by atoms with Gasteiger partial charge in [0.25, 0.3) is 0 Å². The topological polar surface area (TPSA) is 80.3 Å². The fourth-order valence-electron chi connectivity index (χ4n) is 2.45. The number of ether oxygens (including phenoxy) is 1. The van der Waals surface area contributed by atoms with Crippen LogP contribution in [0, 0.1) is 23.3 Å². The maximum atomic E-state index is 14.2. The van der Waals surface area contributed by atoms with Crippen molar-refractivity contribution in [2.24, 2.45) is 0 Å². The largest absolute Gasteiger partial charge is 0.453 e. The second-order valence-electron chi connectivity index (χ2n) is 6.30. The molecule has 0 atom stereocenters. The molecular weight excluding hydrogens is 430 g/mol. The van der Waals surface area contributed by atoms with Crippen molar-refractivity contribution in [3.8, 4) is 11.5 Å². The Kier molecular flexibility index (Phi) is 7.17. The first-order valence-electron chi connectivity index (χ1n) is 9.10. The predicted molar refractivity (Wildman–Crippen MR) is 108 cm³/mol. The van der Waals surface area contributed by atoms with Crippen LogP contribution in [0.2, 0.25) is 0 Å². The molecule has 32 heavy (non-hydrogen) atoms. The minimum absolute atomic E-state index is 0.0271. The number of carbonyl (C=O) groups is 2. The third-order valence-corrected chi connectivity index (χ3v) is 3.98. The average Bonchev–Trinajstić information content (AvgIpc) is 2.79. The lowest BCUT2D eigenvalue weighted by Crippen LogP contribution is -2.32. The third-order valence-electron chi connectivity index (χ3n) is 3.98. The second kappa shape index (κ2) is 10.2. The van der Waals surface area contributed by atoms with Gasteiger partial charge in [0.05, 0.1) is 18.4 Å². The van der Waals surface area contributed by atoms with Gasteiger partial charge < -0.3 is 15.4 Å². The molecule has 0 aliphatic rings. The summed E-state index contributed by atoms with van der Waals surface area (Å²) in [6.07, 6.45) is 5.34. The number of nitrogens with zero attached hydrogens (tertiary/aromatic N) is 1. The van der Waals surface area contributed by atoms with E-state index in [2.05, 4.69) is 10.3 Å². The molecule has 0 saturated carbocycles. The summed E-state index contributed by atoms with van der Waals surface area (Å²) >= 11 is 0. The van der Waals surface area contributed by atoms with Gasteiger partial charge in [0.2, 0.25) is 11.8 Å². The number of amides is 2. The molecule has 0 spiro atoms. The van der Waals surface area contributed by atoms with Crippen LogP contribution < -0.4 is 15.4 Å². The summed E-state index contributed by atoms with van der Waals surface area (Å²) in [7, 11) is 0. The lowest BCUT2D eigenvalue weighted by Gasteiger charge is -2.08. The normalized spacial score (nSPS) is 10.8. The Hall–Kier alpha value is -4.21.